The molecule has 112 valence electrons. The fourth-order valence-corrected chi connectivity index (χ4v) is 3.05. The summed E-state index contributed by atoms with van der Waals surface area (Å²) in [6.07, 6.45) is 5.13. The molecule has 1 saturated heterocycles. The van der Waals surface area contributed by atoms with Crippen LogP contribution in [0.2, 0.25) is 10.0 Å². The summed E-state index contributed by atoms with van der Waals surface area (Å²) in [6.45, 7) is 5.58. The highest BCUT2D eigenvalue weighted by molar-refractivity contribution is 6.42. The number of halogens is 2. The number of nitrogens with two attached hydrogens (primary N) is 1. The molecule has 20 heavy (non-hydrogen) atoms. The largest absolute Gasteiger partial charge is 0.397 e. The van der Waals surface area contributed by atoms with E-state index < -0.39 is 0 Å². The molecule has 1 unspecified atom stereocenters. The summed E-state index contributed by atoms with van der Waals surface area (Å²) in [5, 5.41) is 4.37. The minimum atomic E-state index is 0.497. The van der Waals surface area contributed by atoms with Crippen LogP contribution in [-0.2, 0) is 0 Å². The Balaban J connectivity index is 1.77. The van der Waals surface area contributed by atoms with Crippen molar-refractivity contribution in [3.8, 4) is 0 Å². The molecule has 1 heterocycles. The molecule has 0 spiro atoms. The van der Waals surface area contributed by atoms with Gasteiger partial charge in [-0.05, 0) is 44.9 Å². The average Bonchev–Trinajstić information content (AvgIpc) is 2.42. The summed E-state index contributed by atoms with van der Waals surface area (Å²) in [7, 11) is 0. The van der Waals surface area contributed by atoms with E-state index in [1.807, 2.05) is 0 Å². The number of anilines is 2. The van der Waals surface area contributed by atoms with Gasteiger partial charge >= 0.3 is 0 Å². The maximum absolute atomic E-state index is 6.00. The number of nitrogens with one attached hydrogen (secondary N) is 1. The second kappa shape index (κ2) is 7.39. The van der Waals surface area contributed by atoms with Crippen LogP contribution in [0, 0.1) is 0 Å². The standard InChI is InChI=1S/C15H23Cl2N3/c1-11-5-2-3-7-20(11)8-4-6-19-15-10-13(17)12(16)9-14(15)18/h9-11,19H,2-8,18H2,1H3. The molecular weight excluding hydrogens is 293 g/mol. The lowest BCUT2D eigenvalue weighted by Crippen LogP contribution is -2.38. The summed E-state index contributed by atoms with van der Waals surface area (Å²) < 4.78 is 0. The Morgan fingerprint density at radius 1 is 1.30 bits per heavy atom. The van der Waals surface area contributed by atoms with Crippen LogP contribution in [-0.4, -0.2) is 30.6 Å². The first kappa shape index (κ1) is 15.7. The van der Waals surface area contributed by atoms with Gasteiger partial charge in [0.2, 0.25) is 0 Å². The summed E-state index contributed by atoms with van der Waals surface area (Å²) >= 11 is 11.9. The Morgan fingerprint density at radius 2 is 2.05 bits per heavy atom. The topological polar surface area (TPSA) is 41.3 Å². The normalized spacial score (nSPS) is 20.1. The fourth-order valence-electron chi connectivity index (χ4n) is 2.71. The molecule has 1 aromatic carbocycles. The lowest BCUT2D eigenvalue weighted by Gasteiger charge is -2.33. The van der Waals surface area contributed by atoms with Crippen molar-refractivity contribution in [2.45, 2.75) is 38.6 Å². The smallest absolute Gasteiger partial charge is 0.0614 e. The first-order valence-corrected chi connectivity index (χ1v) is 8.06. The summed E-state index contributed by atoms with van der Waals surface area (Å²) in [6, 6.07) is 4.21. The third-order valence-corrected chi connectivity index (χ3v) is 4.69. The van der Waals surface area contributed by atoms with Crippen LogP contribution in [0.1, 0.15) is 32.6 Å². The Hall–Kier alpha value is -0.640. The second-order valence-electron chi connectivity index (χ2n) is 5.51. The number of hydrogen-bond acceptors (Lipinski definition) is 3. The van der Waals surface area contributed by atoms with Crippen molar-refractivity contribution in [2.24, 2.45) is 0 Å². The molecule has 0 saturated carbocycles. The van der Waals surface area contributed by atoms with Gasteiger partial charge in [-0.3, -0.25) is 0 Å². The predicted molar refractivity (Wildman–Crippen MR) is 88.9 cm³/mol. The van der Waals surface area contributed by atoms with E-state index in [1.165, 1.54) is 25.8 Å². The van der Waals surface area contributed by atoms with Crippen LogP contribution >= 0.6 is 23.2 Å². The van der Waals surface area contributed by atoms with Crippen LogP contribution in [0.15, 0.2) is 12.1 Å². The molecule has 0 radical (unpaired) electrons. The molecular formula is C15H23Cl2N3. The molecule has 1 fully saturated rings. The van der Waals surface area contributed by atoms with Crippen molar-refractivity contribution in [3.63, 3.8) is 0 Å². The van der Waals surface area contributed by atoms with Gasteiger partial charge in [-0.15, -0.1) is 0 Å². The van der Waals surface area contributed by atoms with Crippen molar-refractivity contribution in [1.29, 1.82) is 0 Å². The van der Waals surface area contributed by atoms with Crippen LogP contribution < -0.4 is 11.1 Å². The number of hydrogen-bond donors (Lipinski definition) is 2. The highest BCUT2D eigenvalue weighted by atomic mass is 35.5. The van der Waals surface area contributed by atoms with E-state index in [4.69, 9.17) is 28.9 Å². The monoisotopic (exact) mass is 315 g/mol. The third kappa shape index (κ3) is 4.18. The van der Waals surface area contributed by atoms with E-state index in [0.717, 1.165) is 31.2 Å². The van der Waals surface area contributed by atoms with Gasteiger partial charge < -0.3 is 16.0 Å². The molecule has 1 aliphatic rings. The van der Waals surface area contributed by atoms with Gasteiger partial charge in [0.1, 0.15) is 0 Å². The Kier molecular flexibility index (Phi) is 5.82. The Labute approximate surface area is 131 Å². The van der Waals surface area contributed by atoms with Gasteiger partial charge in [0.25, 0.3) is 0 Å². The van der Waals surface area contributed by atoms with Gasteiger partial charge in [-0.1, -0.05) is 29.6 Å². The minimum absolute atomic E-state index is 0.497. The van der Waals surface area contributed by atoms with Crippen LogP contribution in [0.25, 0.3) is 0 Å². The third-order valence-electron chi connectivity index (χ3n) is 3.97. The molecule has 1 atom stereocenters. The van der Waals surface area contributed by atoms with Crippen molar-refractivity contribution in [3.05, 3.63) is 22.2 Å². The SMILES string of the molecule is CC1CCCCN1CCCNc1cc(Cl)c(Cl)cc1N. The molecule has 3 N–H and O–H groups in total. The number of nitrogens with zero attached hydrogens (tertiary/aromatic N) is 1. The molecule has 1 aliphatic heterocycles. The van der Waals surface area contributed by atoms with Crippen LogP contribution in [0.5, 0.6) is 0 Å². The Morgan fingerprint density at radius 3 is 2.80 bits per heavy atom. The molecule has 0 aromatic heterocycles. The van der Waals surface area contributed by atoms with Gasteiger partial charge in [-0.25, -0.2) is 0 Å². The van der Waals surface area contributed by atoms with Gasteiger partial charge in [0, 0.05) is 19.1 Å². The van der Waals surface area contributed by atoms with E-state index >= 15 is 0 Å². The van der Waals surface area contributed by atoms with Crippen LogP contribution in [0.3, 0.4) is 0 Å². The maximum atomic E-state index is 6.00. The van der Waals surface area contributed by atoms with Crippen molar-refractivity contribution >= 4 is 34.6 Å². The average molecular weight is 316 g/mol. The van der Waals surface area contributed by atoms with Gasteiger partial charge in [-0.2, -0.15) is 0 Å². The fraction of sp³-hybridized carbons (Fsp3) is 0.600. The summed E-state index contributed by atoms with van der Waals surface area (Å²) in [5.74, 6) is 0. The molecule has 5 heteroatoms. The summed E-state index contributed by atoms with van der Waals surface area (Å²) in [5.41, 5.74) is 7.43. The van der Waals surface area contributed by atoms with Crippen molar-refractivity contribution < 1.29 is 0 Å². The molecule has 0 bridgehead atoms. The zero-order valence-electron chi connectivity index (χ0n) is 12.0. The molecule has 2 rings (SSSR count). The number of likely N-dealkylation sites (tertiary alicyclic amines) is 1. The highest BCUT2D eigenvalue weighted by Gasteiger charge is 2.17. The molecule has 3 nitrogen and oxygen atoms in total. The maximum Gasteiger partial charge on any atom is 0.0614 e. The minimum Gasteiger partial charge on any atom is -0.397 e. The quantitative estimate of drug-likeness (QED) is 0.630. The van der Waals surface area contributed by atoms with Gasteiger partial charge in [0.05, 0.1) is 21.4 Å². The zero-order valence-corrected chi connectivity index (χ0v) is 13.5. The van der Waals surface area contributed by atoms with Crippen molar-refractivity contribution in [1.82, 2.24) is 4.90 Å². The summed E-state index contributed by atoms with van der Waals surface area (Å²) in [4.78, 5) is 2.57. The van der Waals surface area contributed by atoms with Crippen molar-refractivity contribution in [2.75, 3.05) is 30.7 Å². The first-order chi connectivity index (χ1) is 9.58. The van der Waals surface area contributed by atoms with E-state index in [0.29, 0.717) is 15.7 Å². The van der Waals surface area contributed by atoms with E-state index in [1.54, 1.807) is 12.1 Å². The molecule has 1 aromatic rings. The highest BCUT2D eigenvalue weighted by Crippen LogP contribution is 2.30. The number of piperidine rings is 1. The Bertz CT molecular complexity index is 451. The second-order valence-corrected chi connectivity index (χ2v) is 6.33. The molecule has 0 amide bonds. The van der Waals surface area contributed by atoms with Crippen LogP contribution in [0.4, 0.5) is 11.4 Å². The lowest BCUT2D eigenvalue weighted by atomic mass is 10.0. The van der Waals surface area contributed by atoms with E-state index in [2.05, 4.69) is 17.1 Å². The zero-order chi connectivity index (χ0) is 14.5. The first-order valence-electron chi connectivity index (χ1n) is 7.30. The molecule has 0 aliphatic carbocycles. The van der Waals surface area contributed by atoms with E-state index in [9.17, 15) is 0 Å². The lowest BCUT2D eigenvalue weighted by molar-refractivity contribution is 0.160. The number of rotatable bonds is 5. The predicted octanol–water partition coefficient (Wildman–Crippen LogP) is 4.25. The number of benzene rings is 1. The van der Waals surface area contributed by atoms with E-state index in [-0.39, 0.29) is 0 Å². The van der Waals surface area contributed by atoms with Gasteiger partial charge in [0.15, 0.2) is 0 Å². The number of nitrogen functional groups attached to an aromatic ring is 1.